The summed E-state index contributed by atoms with van der Waals surface area (Å²) in [7, 11) is 2.01. The highest BCUT2D eigenvalue weighted by atomic mass is 14.9. The first-order valence-electron chi connectivity index (χ1n) is 7.74. The molecule has 0 saturated carbocycles. The maximum Gasteiger partial charge on any atom is 0.0890 e. The average Bonchev–Trinajstić information content (AvgIpc) is 2.50. The van der Waals surface area contributed by atoms with Crippen LogP contribution in [-0.2, 0) is 0 Å². The van der Waals surface area contributed by atoms with Gasteiger partial charge in [-0.3, -0.25) is 4.98 Å². The van der Waals surface area contributed by atoms with Gasteiger partial charge in [0, 0.05) is 0 Å². The Labute approximate surface area is 121 Å². The first-order chi connectivity index (χ1) is 9.85. The molecule has 0 fully saturated rings. The molecule has 1 N–H and O–H groups in total. The van der Waals surface area contributed by atoms with Crippen molar-refractivity contribution < 1.29 is 0 Å². The Morgan fingerprint density at radius 1 is 1.05 bits per heavy atom. The largest absolute Gasteiger partial charge is 0.312 e. The van der Waals surface area contributed by atoms with Crippen LogP contribution in [0.5, 0.6) is 0 Å². The summed E-state index contributed by atoms with van der Waals surface area (Å²) in [6.07, 6.45) is 9.60. The topological polar surface area (TPSA) is 37.8 Å². The number of fused-ring (bicyclic) bond motifs is 1. The second kappa shape index (κ2) is 7.95. The molecule has 3 nitrogen and oxygen atoms in total. The zero-order valence-electron chi connectivity index (χ0n) is 12.6. The van der Waals surface area contributed by atoms with Crippen LogP contribution in [-0.4, -0.2) is 17.0 Å². The summed E-state index contributed by atoms with van der Waals surface area (Å²) in [5.41, 5.74) is 3.01. The maximum atomic E-state index is 4.74. The van der Waals surface area contributed by atoms with Crippen molar-refractivity contribution in [3.8, 4) is 0 Å². The molecule has 1 unspecified atom stereocenters. The van der Waals surface area contributed by atoms with E-state index >= 15 is 0 Å². The van der Waals surface area contributed by atoms with Gasteiger partial charge in [0.15, 0.2) is 0 Å². The molecule has 1 aromatic carbocycles. The van der Waals surface area contributed by atoms with E-state index < -0.39 is 0 Å². The van der Waals surface area contributed by atoms with Crippen molar-refractivity contribution in [3.05, 3.63) is 36.2 Å². The monoisotopic (exact) mass is 271 g/mol. The van der Waals surface area contributed by atoms with Gasteiger partial charge in [0.25, 0.3) is 0 Å². The Bertz CT molecular complexity index is 524. The van der Waals surface area contributed by atoms with Crippen molar-refractivity contribution in [2.24, 2.45) is 0 Å². The lowest BCUT2D eigenvalue weighted by atomic mass is 10.0. The molecule has 108 valence electrons. The third-order valence-corrected chi connectivity index (χ3v) is 3.77. The van der Waals surface area contributed by atoms with Crippen LogP contribution < -0.4 is 5.32 Å². The minimum Gasteiger partial charge on any atom is -0.312 e. The van der Waals surface area contributed by atoms with Crippen LogP contribution in [0.25, 0.3) is 11.0 Å². The predicted molar refractivity (Wildman–Crippen MR) is 84.7 cm³/mol. The fourth-order valence-corrected chi connectivity index (χ4v) is 2.53. The highest BCUT2D eigenvalue weighted by Gasteiger charge is 2.11. The van der Waals surface area contributed by atoms with Crippen molar-refractivity contribution in [2.75, 3.05) is 7.05 Å². The van der Waals surface area contributed by atoms with Gasteiger partial charge in [-0.1, -0.05) is 51.2 Å². The maximum absolute atomic E-state index is 4.74. The van der Waals surface area contributed by atoms with E-state index in [0.29, 0.717) is 6.04 Å². The fourth-order valence-electron chi connectivity index (χ4n) is 2.53. The van der Waals surface area contributed by atoms with Crippen LogP contribution in [0, 0.1) is 0 Å². The van der Waals surface area contributed by atoms with Gasteiger partial charge in [-0.2, -0.15) is 0 Å². The molecule has 2 aromatic rings. The Morgan fingerprint density at radius 2 is 1.80 bits per heavy atom. The Morgan fingerprint density at radius 3 is 2.55 bits per heavy atom. The third-order valence-electron chi connectivity index (χ3n) is 3.77. The fraction of sp³-hybridized carbons (Fsp3) is 0.529. The van der Waals surface area contributed by atoms with Gasteiger partial charge in [-0.15, -0.1) is 0 Å². The zero-order chi connectivity index (χ0) is 14.2. The van der Waals surface area contributed by atoms with E-state index in [-0.39, 0.29) is 0 Å². The number of hydrogen-bond donors (Lipinski definition) is 1. The van der Waals surface area contributed by atoms with Crippen molar-refractivity contribution in [1.29, 1.82) is 0 Å². The molecule has 0 radical (unpaired) electrons. The minimum absolute atomic E-state index is 0.314. The molecule has 20 heavy (non-hydrogen) atoms. The Hall–Kier alpha value is -1.48. The third kappa shape index (κ3) is 4.01. The van der Waals surface area contributed by atoms with Crippen molar-refractivity contribution in [3.63, 3.8) is 0 Å². The number of nitrogens with one attached hydrogen (secondary N) is 1. The molecule has 0 saturated heterocycles. The SMILES string of the molecule is CCCCCCCC(NC)c1cnc2ccccc2n1. The van der Waals surface area contributed by atoms with Gasteiger partial charge in [-0.25, -0.2) is 4.98 Å². The number of nitrogens with zero attached hydrogens (tertiary/aromatic N) is 2. The number of aromatic nitrogens is 2. The van der Waals surface area contributed by atoms with Crippen LogP contribution in [0.3, 0.4) is 0 Å². The summed E-state index contributed by atoms with van der Waals surface area (Å²) in [6, 6.07) is 8.36. The summed E-state index contributed by atoms with van der Waals surface area (Å²) in [5, 5.41) is 3.37. The summed E-state index contributed by atoms with van der Waals surface area (Å²) in [6.45, 7) is 2.25. The van der Waals surface area contributed by atoms with Crippen molar-refractivity contribution in [1.82, 2.24) is 15.3 Å². The first kappa shape index (κ1) is 14.9. The van der Waals surface area contributed by atoms with E-state index in [2.05, 4.69) is 17.2 Å². The molecule has 0 amide bonds. The van der Waals surface area contributed by atoms with Gasteiger partial charge in [-0.05, 0) is 25.6 Å². The smallest absolute Gasteiger partial charge is 0.0890 e. The van der Waals surface area contributed by atoms with Crippen molar-refractivity contribution >= 4 is 11.0 Å². The molecule has 1 aromatic heterocycles. The molecular weight excluding hydrogens is 246 g/mol. The molecule has 0 bridgehead atoms. The molecule has 0 aliphatic heterocycles. The van der Waals surface area contributed by atoms with Gasteiger partial charge in [0.2, 0.25) is 0 Å². The molecule has 3 heteroatoms. The van der Waals surface area contributed by atoms with Crippen molar-refractivity contribution in [2.45, 2.75) is 51.5 Å². The van der Waals surface area contributed by atoms with Crippen LogP contribution in [0.15, 0.2) is 30.5 Å². The highest BCUT2D eigenvalue weighted by molar-refractivity contribution is 5.73. The Kier molecular flexibility index (Phi) is 5.93. The lowest BCUT2D eigenvalue weighted by molar-refractivity contribution is 0.492. The lowest BCUT2D eigenvalue weighted by Crippen LogP contribution is -2.18. The molecular formula is C17H25N3. The molecule has 1 atom stereocenters. The summed E-state index contributed by atoms with van der Waals surface area (Å²) in [5.74, 6) is 0. The van der Waals surface area contributed by atoms with Gasteiger partial charge in [0.05, 0.1) is 29.0 Å². The lowest BCUT2D eigenvalue weighted by Gasteiger charge is -2.15. The highest BCUT2D eigenvalue weighted by Crippen LogP contribution is 2.19. The normalized spacial score (nSPS) is 12.7. The van der Waals surface area contributed by atoms with E-state index in [1.54, 1.807) is 0 Å². The Balaban J connectivity index is 1.98. The van der Waals surface area contributed by atoms with E-state index in [4.69, 9.17) is 4.98 Å². The minimum atomic E-state index is 0.314. The second-order valence-electron chi connectivity index (χ2n) is 5.33. The first-order valence-corrected chi connectivity index (χ1v) is 7.74. The molecule has 1 heterocycles. The number of rotatable bonds is 8. The summed E-state index contributed by atoms with van der Waals surface area (Å²) < 4.78 is 0. The van der Waals surface area contributed by atoms with Crippen LogP contribution in [0.1, 0.15) is 57.2 Å². The van der Waals surface area contributed by atoms with Gasteiger partial charge < -0.3 is 5.32 Å². The number of benzene rings is 1. The van der Waals surface area contributed by atoms with Gasteiger partial charge in [0.1, 0.15) is 0 Å². The van der Waals surface area contributed by atoms with E-state index in [1.807, 2.05) is 37.5 Å². The van der Waals surface area contributed by atoms with Crippen LogP contribution in [0.4, 0.5) is 0 Å². The molecule has 0 spiro atoms. The summed E-state index contributed by atoms with van der Waals surface area (Å²) in [4.78, 5) is 9.24. The number of para-hydroxylation sites is 2. The molecule has 0 aliphatic carbocycles. The van der Waals surface area contributed by atoms with Crippen LogP contribution in [0.2, 0.25) is 0 Å². The molecule has 2 rings (SSSR count). The van der Waals surface area contributed by atoms with Crippen LogP contribution >= 0.6 is 0 Å². The van der Waals surface area contributed by atoms with E-state index in [0.717, 1.165) is 23.1 Å². The average molecular weight is 271 g/mol. The number of hydrogen-bond acceptors (Lipinski definition) is 3. The standard InChI is InChI=1S/C17H25N3/c1-3-4-5-6-7-10-14(18-2)17-13-19-15-11-8-9-12-16(15)20-17/h8-9,11-14,18H,3-7,10H2,1-2H3. The summed E-state index contributed by atoms with van der Waals surface area (Å²) >= 11 is 0. The van der Waals surface area contributed by atoms with Gasteiger partial charge >= 0.3 is 0 Å². The number of unbranched alkanes of at least 4 members (excludes halogenated alkanes) is 4. The quantitative estimate of drug-likeness (QED) is 0.729. The van der Waals surface area contributed by atoms with E-state index in [1.165, 1.54) is 32.1 Å². The predicted octanol–water partition coefficient (Wildman–Crippen LogP) is 4.25. The molecule has 0 aliphatic rings. The zero-order valence-corrected chi connectivity index (χ0v) is 12.6. The second-order valence-corrected chi connectivity index (χ2v) is 5.33. The van der Waals surface area contributed by atoms with E-state index in [9.17, 15) is 0 Å².